The molecule has 178 valence electrons. The number of nitrogens with zero attached hydrogens (tertiary/aromatic N) is 2. The van der Waals surface area contributed by atoms with E-state index in [1.54, 1.807) is 12.5 Å². The summed E-state index contributed by atoms with van der Waals surface area (Å²) in [6, 6.07) is 22.8. The summed E-state index contributed by atoms with van der Waals surface area (Å²) in [5.41, 5.74) is 9.25. The van der Waals surface area contributed by atoms with Crippen LogP contribution in [0.15, 0.2) is 72.9 Å². The Balaban J connectivity index is 0.00000324. The van der Waals surface area contributed by atoms with Crippen molar-refractivity contribution in [2.75, 3.05) is 7.11 Å². The van der Waals surface area contributed by atoms with Crippen molar-refractivity contribution in [1.82, 2.24) is 9.55 Å². The van der Waals surface area contributed by atoms with Crippen molar-refractivity contribution in [3.8, 4) is 34.1 Å². The highest BCUT2D eigenvalue weighted by atomic mass is 35.5. The number of aromatic nitrogens is 2. The Morgan fingerprint density at radius 3 is 2.15 bits per heavy atom. The molecule has 0 bridgehead atoms. The number of methoxy groups -OCH3 is 1. The minimum atomic E-state index is 0. The quantitative estimate of drug-likeness (QED) is 0.245. The van der Waals surface area contributed by atoms with Gasteiger partial charge in [0.1, 0.15) is 17.3 Å². The Bertz CT molecular complexity index is 1240. The summed E-state index contributed by atoms with van der Waals surface area (Å²) < 4.78 is 7.97. The van der Waals surface area contributed by atoms with Crippen LogP contribution in [0.5, 0.6) is 5.75 Å². The molecule has 3 aromatic carbocycles. The lowest BCUT2D eigenvalue weighted by molar-refractivity contribution is -0.584. The van der Waals surface area contributed by atoms with Gasteiger partial charge >= 0.3 is 0 Å². The second-order valence-electron chi connectivity index (χ2n) is 8.91. The highest BCUT2D eigenvalue weighted by Crippen LogP contribution is 2.38. The average molecular weight is 477 g/mol. The number of halogens is 1. The number of nitrogens with two attached hydrogens (primary N) is 2. The first kappa shape index (κ1) is 25.5. The number of benzene rings is 3. The van der Waals surface area contributed by atoms with E-state index in [9.17, 15) is 0 Å². The average Bonchev–Trinajstić information content (AvgIpc) is 3.28. The van der Waals surface area contributed by atoms with Gasteiger partial charge in [0.15, 0.2) is 0 Å². The van der Waals surface area contributed by atoms with Crippen LogP contribution in [0.25, 0.3) is 28.3 Å². The van der Waals surface area contributed by atoms with Gasteiger partial charge in [0.25, 0.3) is 0 Å². The van der Waals surface area contributed by atoms with Crippen LogP contribution < -0.4 is 28.4 Å². The van der Waals surface area contributed by atoms with Crippen LogP contribution in [0, 0.1) is 0 Å². The number of rotatable bonds is 7. The van der Waals surface area contributed by atoms with Gasteiger partial charge in [0, 0.05) is 23.9 Å². The van der Waals surface area contributed by atoms with E-state index in [-0.39, 0.29) is 12.4 Å². The van der Waals surface area contributed by atoms with Crippen molar-refractivity contribution in [1.29, 1.82) is 0 Å². The third-order valence-electron chi connectivity index (χ3n) is 6.01. The van der Waals surface area contributed by atoms with E-state index in [0.29, 0.717) is 11.8 Å². The topological polar surface area (TPSA) is 69.7 Å². The Morgan fingerprint density at radius 2 is 1.53 bits per heavy atom. The lowest BCUT2D eigenvalue weighted by atomic mass is 9.92. The molecule has 0 saturated carbocycles. The number of para-hydroxylation sites is 2. The van der Waals surface area contributed by atoms with Crippen LogP contribution in [-0.4, -0.2) is 16.7 Å². The van der Waals surface area contributed by atoms with Gasteiger partial charge in [-0.25, -0.2) is 10.4 Å². The smallest absolute Gasteiger partial charge is 0.149 e. The van der Waals surface area contributed by atoms with E-state index in [1.165, 1.54) is 16.8 Å². The minimum Gasteiger partial charge on any atom is -1.00 e. The molecule has 1 heterocycles. The van der Waals surface area contributed by atoms with E-state index < -0.39 is 0 Å². The zero-order valence-electron chi connectivity index (χ0n) is 20.4. The van der Waals surface area contributed by atoms with Crippen LogP contribution in [-0.2, 0) is 0 Å². The van der Waals surface area contributed by atoms with Crippen molar-refractivity contribution in [3.05, 3.63) is 84.1 Å². The molecule has 34 heavy (non-hydrogen) atoms. The lowest BCUT2D eigenvalue weighted by Gasteiger charge is -2.22. The summed E-state index contributed by atoms with van der Waals surface area (Å²) in [7, 11) is 1.70. The van der Waals surface area contributed by atoms with Crippen molar-refractivity contribution < 1.29 is 22.6 Å². The molecule has 0 aliphatic rings. The number of quaternary nitrogens is 1. The third-order valence-corrected chi connectivity index (χ3v) is 6.01. The van der Waals surface area contributed by atoms with E-state index in [4.69, 9.17) is 15.6 Å². The highest BCUT2D eigenvalue weighted by molar-refractivity contribution is 5.73. The van der Waals surface area contributed by atoms with Gasteiger partial charge in [0.05, 0.1) is 24.1 Å². The molecule has 0 fully saturated rings. The van der Waals surface area contributed by atoms with Crippen molar-refractivity contribution in [2.45, 2.75) is 39.5 Å². The van der Waals surface area contributed by atoms with Gasteiger partial charge in [-0.3, -0.25) is 4.57 Å². The maximum Gasteiger partial charge on any atom is 0.149 e. The van der Waals surface area contributed by atoms with Crippen LogP contribution in [0.4, 0.5) is 5.69 Å². The molecule has 0 aliphatic carbocycles. The second-order valence-corrected chi connectivity index (χ2v) is 8.91. The summed E-state index contributed by atoms with van der Waals surface area (Å²) in [6.07, 6.45) is 2.14. The maximum atomic E-state index is 5.79. The lowest BCUT2D eigenvalue weighted by Crippen LogP contribution is -3.00. The first-order valence-electron chi connectivity index (χ1n) is 11.5. The third kappa shape index (κ3) is 4.87. The fourth-order valence-electron chi connectivity index (χ4n) is 4.30. The molecule has 6 heteroatoms. The Labute approximate surface area is 208 Å². The van der Waals surface area contributed by atoms with Gasteiger partial charge in [0.2, 0.25) is 0 Å². The summed E-state index contributed by atoms with van der Waals surface area (Å²) in [5, 5.41) is 0. The molecule has 0 saturated heterocycles. The highest BCUT2D eigenvalue weighted by Gasteiger charge is 2.22. The van der Waals surface area contributed by atoms with Crippen LogP contribution in [0.2, 0.25) is 0 Å². The number of hydrogen-bond acceptors (Lipinski definition) is 3. The van der Waals surface area contributed by atoms with Crippen molar-refractivity contribution in [2.24, 2.45) is 5.84 Å². The molecule has 0 unspecified atom stereocenters. The Morgan fingerprint density at radius 1 is 0.882 bits per heavy atom. The van der Waals surface area contributed by atoms with Crippen LogP contribution in [0.1, 0.15) is 50.7 Å². The maximum absolute atomic E-state index is 5.79. The van der Waals surface area contributed by atoms with Crippen molar-refractivity contribution >= 4 is 5.69 Å². The van der Waals surface area contributed by atoms with Gasteiger partial charge in [-0.2, -0.15) is 5.84 Å². The van der Waals surface area contributed by atoms with Gasteiger partial charge in [-0.1, -0.05) is 70.2 Å². The van der Waals surface area contributed by atoms with Gasteiger partial charge in [-0.05, 0) is 35.1 Å². The summed E-state index contributed by atoms with van der Waals surface area (Å²) >= 11 is 0. The fourth-order valence-corrected chi connectivity index (χ4v) is 4.30. The Hall–Kier alpha value is -3.12. The first-order valence-corrected chi connectivity index (χ1v) is 11.5. The van der Waals surface area contributed by atoms with E-state index in [1.807, 2.05) is 30.3 Å². The molecule has 0 amide bonds. The molecule has 0 spiro atoms. The van der Waals surface area contributed by atoms with E-state index >= 15 is 0 Å². The predicted octanol–water partition coefficient (Wildman–Crippen LogP) is 2.53. The molecule has 0 atom stereocenters. The SMILES string of the molecule is COc1ccccc1-c1nc(-c2cccc([NH2+]N)c2)cn1-c1c(C(C)C)cccc1C(C)C.[Cl-]. The van der Waals surface area contributed by atoms with Crippen molar-refractivity contribution in [3.63, 3.8) is 0 Å². The molecule has 4 N–H and O–H groups in total. The summed E-state index contributed by atoms with van der Waals surface area (Å²) in [5.74, 6) is 8.18. The minimum absolute atomic E-state index is 0. The monoisotopic (exact) mass is 476 g/mol. The Kier molecular flexibility index (Phi) is 8.15. The number of imidazole rings is 1. The van der Waals surface area contributed by atoms with Gasteiger partial charge in [-0.15, -0.1) is 0 Å². The summed E-state index contributed by atoms with van der Waals surface area (Å²) in [4.78, 5) is 5.14. The second kappa shape index (κ2) is 10.9. The molecule has 1 aromatic heterocycles. The van der Waals surface area contributed by atoms with E-state index in [2.05, 4.69) is 74.9 Å². The van der Waals surface area contributed by atoms with E-state index in [0.717, 1.165) is 34.1 Å². The molecular weight excluding hydrogens is 444 g/mol. The van der Waals surface area contributed by atoms with Crippen LogP contribution >= 0.6 is 0 Å². The summed E-state index contributed by atoms with van der Waals surface area (Å²) in [6.45, 7) is 8.96. The number of ether oxygens (including phenoxy) is 1. The molecule has 4 aromatic rings. The predicted molar refractivity (Wildman–Crippen MR) is 135 cm³/mol. The molecule has 4 rings (SSSR count). The molecule has 5 nitrogen and oxygen atoms in total. The van der Waals surface area contributed by atoms with Gasteiger partial charge < -0.3 is 17.1 Å². The normalized spacial score (nSPS) is 11.1. The first-order chi connectivity index (χ1) is 15.9. The zero-order valence-corrected chi connectivity index (χ0v) is 21.2. The molecule has 0 radical (unpaired) electrons. The standard InChI is InChI=1S/C28H32N4O.ClH/c1-18(2)22-13-9-14-23(19(3)4)27(22)32-17-25(20-10-8-11-21(16-20)31-29)30-28(32)24-12-6-7-15-26(24)33-5;/h6-19,31H,29H2,1-5H3;1H. The molecular formula is C28H33ClN4O. The number of hydrogen-bond donors (Lipinski definition) is 2. The van der Waals surface area contributed by atoms with Crippen LogP contribution in [0.3, 0.4) is 0 Å². The molecule has 0 aliphatic heterocycles. The largest absolute Gasteiger partial charge is 1.00 e. The fraction of sp³-hybridized carbons (Fsp3) is 0.250. The zero-order chi connectivity index (χ0) is 23.5.